The highest BCUT2D eigenvalue weighted by atomic mass is 79.9. The Labute approximate surface area is 146 Å². The molecule has 0 aliphatic heterocycles. The number of amides is 2. The van der Waals surface area contributed by atoms with Gasteiger partial charge in [0.2, 0.25) is 5.91 Å². The normalized spacial score (nSPS) is 27.4. The molecule has 3 saturated carbocycles. The van der Waals surface area contributed by atoms with Crippen LogP contribution >= 0.6 is 27.5 Å². The summed E-state index contributed by atoms with van der Waals surface area (Å²) in [5, 5.41) is 6.16. The number of benzene rings is 1. The van der Waals surface area contributed by atoms with Gasteiger partial charge in [0.05, 0.1) is 10.4 Å². The highest BCUT2D eigenvalue weighted by Crippen LogP contribution is 2.60. The van der Waals surface area contributed by atoms with Crippen LogP contribution in [0.25, 0.3) is 0 Å². The number of halogens is 3. The third-order valence-corrected chi connectivity index (χ3v) is 5.04. The van der Waals surface area contributed by atoms with Crippen LogP contribution in [0.2, 0.25) is 5.02 Å². The van der Waals surface area contributed by atoms with E-state index in [2.05, 4.69) is 26.6 Å². The van der Waals surface area contributed by atoms with Crippen molar-refractivity contribution < 1.29 is 18.7 Å². The average molecular weight is 406 g/mol. The molecule has 8 heteroatoms. The Kier molecular flexibility index (Phi) is 4.27. The van der Waals surface area contributed by atoms with Crippen molar-refractivity contribution in [1.82, 2.24) is 10.6 Å². The Morgan fingerprint density at radius 3 is 2.39 bits per heavy atom. The lowest BCUT2D eigenvalue weighted by molar-refractivity contribution is -0.149. The SMILES string of the molecule is O=C(CBr)NC12CC(NC(=O)COc3ccc(Cl)c(F)c3)(C1)C2. The van der Waals surface area contributed by atoms with Crippen LogP contribution in [0.15, 0.2) is 18.2 Å². The van der Waals surface area contributed by atoms with E-state index in [0.29, 0.717) is 0 Å². The van der Waals surface area contributed by atoms with Gasteiger partial charge in [-0.05, 0) is 31.4 Å². The number of alkyl halides is 1. The van der Waals surface area contributed by atoms with Gasteiger partial charge in [-0.3, -0.25) is 9.59 Å². The molecule has 0 saturated heterocycles. The fourth-order valence-corrected chi connectivity index (χ4v) is 3.69. The minimum absolute atomic E-state index is 0.00601. The zero-order valence-electron chi connectivity index (χ0n) is 12.1. The van der Waals surface area contributed by atoms with Gasteiger partial charge in [0, 0.05) is 17.1 Å². The van der Waals surface area contributed by atoms with Crippen LogP contribution in [0, 0.1) is 5.82 Å². The molecule has 3 aliphatic rings. The molecular formula is C15H15BrClFN2O3. The predicted octanol–water partition coefficient (Wildman–Crippen LogP) is 2.16. The van der Waals surface area contributed by atoms with E-state index in [9.17, 15) is 14.0 Å². The molecule has 0 spiro atoms. The Morgan fingerprint density at radius 1 is 1.22 bits per heavy atom. The summed E-state index contributed by atoms with van der Waals surface area (Å²) in [6, 6.07) is 4.02. The molecular weight excluding hydrogens is 391 g/mol. The maximum absolute atomic E-state index is 13.3. The molecule has 2 N–H and O–H groups in total. The number of carbonyl (C=O) groups excluding carboxylic acids is 2. The number of rotatable bonds is 6. The van der Waals surface area contributed by atoms with E-state index >= 15 is 0 Å². The second-order valence-corrected chi connectivity index (χ2v) is 7.15. The molecule has 3 fully saturated rings. The highest BCUT2D eigenvalue weighted by molar-refractivity contribution is 9.09. The second-order valence-electron chi connectivity index (χ2n) is 6.19. The second kappa shape index (κ2) is 5.94. The summed E-state index contributed by atoms with van der Waals surface area (Å²) >= 11 is 8.69. The van der Waals surface area contributed by atoms with Crippen LogP contribution in [-0.2, 0) is 9.59 Å². The number of carbonyl (C=O) groups is 2. The van der Waals surface area contributed by atoms with Crippen LogP contribution in [0.1, 0.15) is 19.3 Å². The van der Waals surface area contributed by atoms with Crippen LogP contribution < -0.4 is 15.4 Å². The predicted molar refractivity (Wildman–Crippen MR) is 86.3 cm³/mol. The topological polar surface area (TPSA) is 67.4 Å². The highest BCUT2D eigenvalue weighted by Gasteiger charge is 2.69. The first-order valence-electron chi connectivity index (χ1n) is 7.11. The maximum atomic E-state index is 13.3. The molecule has 23 heavy (non-hydrogen) atoms. The van der Waals surface area contributed by atoms with Gasteiger partial charge in [0.15, 0.2) is 6.61 Å². The monoisotopic (exact) mass is 404 g/mol. The third kappa shape index (κ3) is 3.30. The minimum Gasteiger partial charge on any atom is -0.484 e. The van der Waals surface area contributed by atoms with E-state index in [1.54, 1.807) is 0 Å². The van der Waals surface area contributed by atoms with Crippen molar-refractivity contribution in [3.05, 3.63) is 29.0 Å². The first kappa shape index (κ1) is 16.5. The van der Waals surface area contributed by atoms with Gasteiger partial charge in [-0.1, -0.05) is 27.5 Å². The summed E-state index contributed by atoms with van der Waals surface area (Å²) in [6.07, 6.45) is 2.21. The van der Waals surface area contributed by atoms with Crippen LogP contribution in [0.5, 0.6) is 5.75 Å². The first-order chi connectivity index (χ1) is 10.9. The van der Waals surface area contributed by atoms with Crippen LogP contribution in [-0.4, -0.2) is 34.8 Å². The average Bonchev–Trinajstić information content (AvgIpc) is 2.44. The molecule has 3 aliphatic carbocycles. The third-order valence-electron chi connectivity index (χ3n) is 4.22. The zero-order valence-corrected chi connectivity index (χ0v) is 14.5. The molecule has 4 rings (SSSR count). The van der Waals surface area contributed by atoms with Crippen LogP contribution in [0.4, 0.5) is 4.39 Å². The van der Waals surface area contributed by atoms with E-state index in [0.717, 1.165) is 25.3 Å². The smallest absolute Gasteiger partial charge is 0.258 e. The lowest BCUT2D eigenvalue weighted by Crippen LogP contribution is -2.84. The number of nitrogens with one attached hydrogen (secondary N) is 2. The standard InChI is InChI=1S/C15H15BrClFN2O3/c16-4-12(21)19-14-6-15(7-14,8-14)20-13(22)5-23-9-1-2-10(17)11(18)3-9/h1-3H,4-8H2,(H,19,21)(H,20,22). The molecule has 1 aromatic carbocycles. The molecule has 0 heterocycles. The first-order valence-corrected chi connectivity index (χ1v) is 8.61. The van der Waals surface area contributed by atoms with E-state index in [1.165, 1.54) is 12.1 Å². The lowest BCUT2D eigenvalue weighted by Gasteiger charge is -2.70. The molecule has 2 bridgehead atoms. The van der Waals surface area contributed by atoms with E-state index in [4.69, 9.17) is 16.3 Å². The number of hydrogen-bond acceptors (Lipinski definition) is 3. The lowest BCUT2D eigenvalue weighted by atomic mass is 9.44. The van der Waals surface area contributed by atoms with E-state index < -0.39 is 5.82 Å². The van der Waals surface area contributed by atoms with Crippen molar-refractivity contribution in [2.45, 2.75) is 30.3 Å². The molecule has 0 unspecified atom stereocenters. The fraction of sp³-hybridized carbons (Fsp3) is 0.467. The zero-order chi connectivity index (χ0) is 16.7. The van der Waals surface area contributed by atoms with Gasteiger partial charge in [-0.15, -0.1) is 0 Å². The summed E-state index contributed by atoms with van der Waals surface area (Å²) in [7, 11) is 0. The Hall–Kier alpha value is -1.34. The molecule has 5 nitrogen and oxygen atoms in total. The summed E-state index contributed by atoms with van der Waals surface area (Å²) < 4.78 is 18.5. The van der Waals surface area contributed by atoms with Crippen molar-refractivity contribution in [2.75, 3.05) is 11.9 Å². The van der Waals surface area contributed by atoms with Gasteiger partial charge in [0.1, 0.15) is 11.6 Å². The molecule has 0 atom stereocenters. The summed E-state index contributed by atoms with van der Waals surface area (Å²) in [6.45, 7) is -0.191. The largest absolute Gasteiger partial charge is 0.484 e. The van der Waals surface area contributed by atoms with E-state index in [1.807, 2.05) is 0 Å². The van der Waals surface area contributed by atoms with Gasteiger partial charge in [-0.25, -0.2) is 4.39 Å². The minimum atomic E-state index is -0.589. The molecule has 1 aromatic rings. The van der Waals surface area contributed by atoms with Gasteiger partial charge < -0.3 is 15.4 Å². The number of ether oxygens (including phenoxy) is 1. The van der Waals surface area contributed by atoms with Crippen molar-refractivity contribution in [2.24, 2.45) is 0 Å². The summed E-state index contributed by atoms with van der Waals surface area (Å²) in [5.41, 5.74) is -0.385. The maximum Gasteiger partial charge on any atom is 0.258 e. The van der Waals surface area contributed by atoms with Crippen molar-refractivity contribution in [3.63, 3.8) is 0 Å². The van der Waals surface area contributed by atoms with Gasteiger partial charge in [-0.2, -0.15) is 0 Å². The molecule has 0 radical (unpaired) electrons. The Morgan fingerprint density at radius 2 is 1.83 bits per heavy atom. The van der Waals surface area contributed by atoms with E-state index in [-0.39, 0.29) is 45.6 Å². The Bertz CT molecular complexity index is 650. The molecule has 124 valence electrons. The van der Waals surface area contributed by atoms with Gasteiger partial charge in [0.25, 0.3) is 5.91 Å². The summed E-state index contributed by atoms with van der Waals surface area (Å²) in [4.78, 5) is 23.3. The molecule has 0 aromatic heterocycles. The fourth-order valence-electron chi connectivity index (χ4n) is 3.43. The van der Waals surface area contributed by atoms with Crippen molar-refractivity contribution >= 4 is 39.3 Å². The quantitative estimate of drug-likeness (QED) is 0.713. The Balaban J connectivity index is 1.43. The number of hydrogen-bond donors (Lipinski definition) is 2. The van der Waals surface area contributed by atoms with Crippen molar-refractivity contribution in [3.8, 4) is 5.75 Å². The van der Waals surface area contributed by atoms with Gasteiger partial charge >= 0.3 is 0 Å². The summed E-state index contributed by atoms with van der Waals surface area (Å²) in [5.74, 6) is -0.646. The van der Waals surface area contributed by atoms with Crippen molar-refractivity contribution in [1.29, 1.82) is 0 Å². The molecule has 2 amide bonds. The van der Waals surface area contributed by atoms with Crippen LogP contribution in [0.3, 0.4) is 0 Å².